The minimum atomic E-state index is -0.0600. The van der Waals surface area contributed by atoms with Gasteiger partial charge in [0.2, 0.25) is 0 Å². The van der Waals surface area contributed by atoms with E-state index in [1.807, 2.05) is 6.92 Å². The molecule has 0 aromatic heterocycles. The van der Waals surface area contributed by atoms with Gasteiger partial charge in [0.15, 0.2) is 0 Å². The van der Waals surface area contributed by atoms with Gasteiger partial charge in [0.25, 0.3) is 0 Å². The average molecular weight is 197 g/mol. The molecule has 1 N–H and O–H groups in total. The van der Waals surface area contributed by atoms with Crippen LogP contribution in [-0.2, 0) is 9.53 Å². The molecule has 1 saturated carbocycles. The molecule has 2 aliphatic rings. The zero-order valence-electron chi connectivity index (χ0n) is 9.01. The van der Waals surface area contributed by atoms with Gasteiger partial charge in [-0.3, -0.25) is 4.79 Å². The van der Waals surface area contributed by atoms with Gasteiger partial charge in [-0.05, 0) is 31.6 Å². The van der Waals surface area contributed by atoms with E-state index >= 15 is 0 Å². The van der Waals surface area contributed by atoms with Gasteiger partial charge in [0.05, 0.1) is 6.61 Å². The number of hydrogen-bond donors (Lipinski definition) is 1. The van der Waals surface area contributed by atoms with Crippen molar-refractivity contribution < 1.29 is 9.53 Å². The van der Waals surface area contributed by atoms with E-state index in [2.05, 4.69) is 12.2 Å². The van der Waals surface area contributed by atoms with E-state index in [0.717, 1.165) is 6.42 Å². The van der Waals surface area contributed by atoms with E-state index < -0.39 is 0 Å². The highest BCUT2D eigenvalue weighted by molar-refractivity contribution is 5.76. The Morgan fingerprint density at radius 3 is 2.93 bits per heavy atom. The van der Waals surface area contributed by atoms with E-state index in [4.69, 9.17) is 4.74 Å². The molecule has 3 heteroatoms. The highest BCUT2D eigenvalue weighted by Crippen LogP contribution is 2.57. The lowest BCUT2D eigenvalue weighted by Crippen LogP contribution is -2.35. The van der Waals surface area contributed by atoms with E-state index in [1.165, 1.54) is 19.3 Å². The molecule has 0 spiro atoms. The maximum atomic E-state index is 11.5. The zero-order chi connectivity index (χ0) is 10.2. The number of hydrogen-bond acceptors (Lipinski definition) is 3. The Morgan fingerprint density at radius 2 is 2.29 bits per heavy atom. The van der Waals surface area contributed by atoms with Crippen LogP contribution < -0.4 is 5.32 Å². The lowest BCUT2D eigenvalue weighted by Gasteiger charge is -2.14. The number of carbonyl (C=O) groups is 1. The van der Waals surface area contributed by atoms with E-state index in [0.29, 0.717) is 18.1 Å². The first-order valence-corrected chi connectivity index (χ1v) is 5.64. The quantitative estimate of drug-likeness (QED) is 0.694. The monoisotopic (exact) mass is 197 g/mol. The second kappa shape index (κ2) is 3.54. The topological polar surface area (TPSA) is 38.3 Å². The SMILES string of the molecule is CCC[C@@]12C[C@@H](C(=O)OCC)N[C@@H]1C2. The summed E-state index contributed by atoms with van der Waals surface area (Å²) < 4.78 is 5.02. The molecule has 0 bridgehead atoms. The summed E-state index contributed by atoms with van der Waals surface area (Å²) in [6, 6.07) is 0.567. The highest BCUT2D eigenvalue weighted by atomic mass is 16.5. The van der Waals surface area contributed by atoms with Crippen molar-refractivity contribution in [2.45, 2.75) is 51.6 Å². The van der Waals surface area contributed by atoms with E-state index in [1.54, 1.807) is 0 Å². The summed E-state index contributed by atoms with van der Waals surface area (Å²) in [6.45, 7) is 4.56. The second-order valence-corrected chi connectivity index (χ2v) is 4.54. The summed E-state index contributed by atoms with van der Waals surface area (Å²) in [7, 11) is 0. The summed E-state index contributed by atoms with van der Waals surface area (Å²) in [5.74, 6) is -0.0600. The lowest BCUT2D eigenvalue weighted by molar-refractivity contribution is -0.145. The minimum Gasteiger partial charge on any atom is -0.465 e. The number of carbonyl (C=O) groups excluding carboxylic acids is 1. The molecule has 1 aliphatic heterocycles. The van der Waals surface area contributed by atoms with Crippen molar-refractivity contribution in [2.75, 3.05) is 6.61 Å². The summed E-state index contributed by atoms with van der Waals surface area (Å²) in [4.78, 5) is 11.5. The number of rotatable bonds is 4. The molecular formula is C11H19NO2. The van der Waals surface area contributed by atoms with Gasteiger partial charge in [0.1, 0.15) is 6.04 Å². The maximum Gasteiger partial charge on any atom is 0.323 e. The molecule has 14 heavy (non-hydrogen) atoms. The van der Waals surface area contributed by atoms with Crippen LogP contribution in [-0.4, -0.2) is 24.7 Å². The molecule has 0 amide bonds. The van der Waals surface area contributed by atoms with Gasteiger partial charge < -0.3 is 10.1 Å². The van der Waals surface area contributed by atoms with Gasteiger partial charge in [-0.1, -0.05) is 13.3 Å². The number of piperidine rings is 1. The van der Waals surface area contributed by atoms with Crippen molar-refractivity contribution in [3.05, 3.63) is 0 Å². The van der Waals surface area contributed by atoms with Crippen molar-refractivity contribution in [1.29, 1.82) is 0 Å². The van der Waals surface area contributed by atoms with E-state index in [9.17, 15) is 4.79 Å². The smallest absolute Gasteiger partial charge is 0.323 e. The van der Waals surface area contributed by atoms with Crippen LogP contribution in [0.2, 0.25) is 0 Å². The van der Waals surface area contributed by atoms with Gasteiger partial charge in [-0.25, -0.2) is 0 Å². The lowest BCUT2D eigenvalue weighted by atomic mass is 9.94. The molecule has 1 heterocycles. The molecule has 0 aromatic rings. The van der Waals surface area contributed by atoms with Crippen LogP contribution in [0.1, 0.15) is 39.5 Å². The van der Waals surface area contributed by atoms with Gasteiger partial charge in [-0.15, -0.1) is 0 Å². The van der Waals surface area contributed by atoms with Gasteiger partial charge >= 0.3 is 5.97 Å². The molecule has 0 aromatic carbocycles. The Balaban J connectivity index is 1.87. The summed E-state index contributed by atoms with van der Waals surface area (Å²) in [6.07, 6.45) is 4.72. The fraction of sp³-hybridized carbons (Fsp3) is 0.909. The maximum absolute atomic E-state index is 11.5. The largest absolute Gasteiger partial charge is 0.465 e. The van der Waals surface area contributed by atoms with Crippen LogP contribution in [0, 0.1) is 5.41 Å². The Hall–Kier alpha value is -0.570. The number of ether oxygens (including phenoxy) is 1. The van der Waals surface area contributed by atoms with Crippen molar-refractivity contribution in [3.63, 3.8) is 0 Å². The third-order valence-electron chi connectivity index (χ3n) is 3.52. The third-order valence-corrected chi connectivity index (χ3v) is 3.52. The molecule has 1 saturated heterocycles. The molecule has 1 aliphatic carbocycles. The van der Waals surface area contributed by atoms with Crippen LogP contribution in [0.3, 0.4) is 0 Å². The average Bonchev–Trinajstić information content (AvgIpc) is 2.69. The van der Waals surface area contributed by atoms with Crippen molar-refractivity contribution in [1.82, 2.24) is 5.32 Å². The first-order valence-electron chi connectivity index (χ1n) is 5.64. The molecule has 0 radical (unpaired) electrons. The van der Waals surface area contributed by atoms with Gasteiger partial charge in [0, 0.05) is 6.04 Å². The predicted octanol–water partition coefficient (Wildman–Crippen LogP) is 1.47. The molecule has 2 fully saturated rings. The Kier molecular flexibility index (Phi) is 2.52. The molecule has 3 atom stereocenters. The summed E-state index contributed by atoms with van der Waals surface area (Å²) in [5, 5.41) is 3.36. The molecule has 80 valence electrons. The molecule has 0 unspecified atom stereocenters. The van der Waals surface area contributed by atoms with Gasteiger partial charge in [-0.2, -0.15) is 0 Å². The normalized spacial score (nSPS) is 39.3. The number of esters is 1. The standard InChI is InChI=1S/C11H19NO2/c1-3-5-11-6-8(10(13)14-4-2)12-9(11)7-11/h8-9,12H,3-7H2,1-2H3/t8-,9+,11-/m0/s1. The van der Waals surface area contributed by atoms with Crippen LogP contribution in [0.25, 0.3) is 0 Å². The Bertz CT molecular complexity index is 241. The van der Waals surface area contributed by atoms with Crippen LogP contribution in [0.5, 0.6) is 0 Å². The van der Waals surface area contributed by atoms with Crippen molar-refractivity contribution in [3.8, 4) is 0 Å². The number of fused-ring (bicyclic) bond motifs is 1. The fourth-order valence-corrected chi connectivity index (χ4v) is 2.79. The van der Waals surface area contributed by atoms with Crippen molar-refractivity contribution in [2.24, 2.45) is 5.41 Å². The van der Waals surface area contributed by atoms with Crippen molar-refractivity contribution >= 4 is 5.97 Å². The Labute approximate surface area is 85.2 Å². The summed E-state index contributed by atoms with van der Waals surface area (Å²) in [5.41, 5.74) is 0.451. The van der Waals surface area contributed by atoms with Crippen LogP contribution in [0.4, 0.5) is 0 Å². The number of nitrogens with one attached hydrogen (secondary N) is 1. The first-order chi connectivity index (χ1) is 6.72. The van der Waals surface area contributed by atoms with Crippen LogP contribution in [0.15, 0.2) is 0 Å². The highest BCUT2D eigenvalue weighted by Gasteiger charge is 2.60. The summed E-state index contributed by atoms with van der Waals surface area (Å²) >= 11 is 0. The zero-order valence-corrected chi connectivity index (χ0v) is 9.01. The van der Waals surface area contributed by atoms with Crippen LogP contribution >= 0.6 is 0 Å². The fourth-order valence-electron chi connectivity index (χ4n) is 2.79. The Morgan fingerprint density at radius 1 is 1.50 bits per heavy atom. The first kappa shape index (κ1) is 9.97. The molecule has 3 nitrogen and oxygen atoms in total. The molecular weight excluding hydrogens is 178 g/mol. The third kappa shape index (κ3) is 1.54. The van der Waals surface area contributed by atoms with E-state index in [-0.39, 0.29) is 12.0 Å². The second-order valence-electron chi connectivity index (χ2n) is 4.54. The molecule has 2 rings (SSSR count). The predicted molar refractivity (Wildman–Crippen MR) is 53.9 cm³/mol. The minimum absolute atomic E-state index is 0.0275.